The van der Waals surface area contributed by atoms with Crippen molar-refractivity contribution in [3.8, 4) is 33.6 Å². The fraction of sp³-hybridized carbons (Fsp3) is 0.467. The molecular formula is C45H56N8O7. The second kappa shape index (κ2) is 16.5. The van der Waals surface area contributed by atoms with Gasteiger partial charge in [0, 0.05) is 24.0 Å². The number of hydrogen-bond acceptors (Lipinski definition) is 9. The van der Waals surface area contributed by atoms with E-state index in [-0.39, 0.29) is 23.7 Å². The highest BCUT2D eigenvalue weighted by Gasteiger charge is 2.47. The van der Waals surface area contributed by atoms with Gasteiger partial charge in [-0.1, -0.05) is 58.0 Å². The number of nitrogens with zero attached hydrogens (tertiary/aromatic N) is 4. The minimum Gasteiger partial charge on any atom is -0.461 e. The number of carbonyl (C=O) groups excluding carboxylic acids is 4. The van der Waals surface area contributed by atoms with E-state index in [2.05, 4.69) is 50.9 Å². The van der Waals surface area contributed by atoms with E-state index in [1.54, 1.807) is 12.4 Å². The number of methoxy groups -OCH3 is 2. The molecule has 4 atom stereocenters. The number of aryl methyl sites for hydroxylation is 1. The maximum atomic E-state index is 13.9. The summed E-state index contributed by atoms with van der Waals surface area (Å²) >= 11 is 0. The van der Waals surface area contributed by atoms with E-state index in [4.69, 9.17) is 23.9 Å². The number of likely N-dealkylation sites (tertiary alicyclic amines) is 2. The number of alkyl carbamates (subject to hydrolysis) is 2. The topological polar surface area (TPSA) is 188 Å². The van der Waals surface area contributed by atoms with E-state index in [0.29, 0.717) is 31.2 Å². The monoisotopic (exact) mass is 820 g/mol. The summed E-state index contributed by atoms with van der Waals surface area (Å²) in [6.07, 6.45) is 5.37. The third kappa shape index (κ3) is 7.61. The number of rotatable bonds is 11. The number of nitrogens with one attached hydrogen (secondary N) is 4. The molecule has 60 heavy (non-hydrogen) atoms. The van der Waals surface area contributed by atoms with Crippen LogP contribution in [0.1, 0.15) is 84.6 Å². The van der Waals surface area contributed by atoms with Crippen LogP contribution in [-0.2, 0) is 30.1 Å². The Kier molecular flexibility index (Phi) is 11.6. The minimum atomic E-state index is -0.737. The van der Waals surface area contributed by atoms with Crippen molar-refractivity contribution >= 4 is 35.0 Å². The third-order valence-electron chi connectivity index (χ3n) is 12.4. The maximum Gasteiger partial charge on any atom is 0.407 e. The zero-order valence-corrected chi connectivity index (χ0v) is 35.9. The van der Waals surface area contributed by atoms with Crippen molar-refractivity contribution in [1.29, 1.82) is 0 Å². The molecule has 0 spiro atoms. The Bertz CT molecular complexity index is 2400. The van der Waals surface area contributed by atoms with Crippen molar-refractivity contribution in [2.24, 2.45) is 11.8 Å². The molecule has 5 heterocycles. The van der Waals surface area contributed by atoms with Crippen molar-refractivity contribution in [1.82, 2.24) is 40.4 Å². The SMILES string of the molecule is COC(=O)NC(C(=O)N1CCC[C@@]1(C)c1ncc(-c2ccc(-c3ccc(-c4cnc([C@]5(C)CCCN5C(=O)[C@@H](NC(=O)OC)C(C)C)[nH]4)cc3)c3cc(C)oc23)[nH]1)C(C)C. The zero-order valence-electron chi connectivity index (χ0n) is 35.9. The van der Waals surface area contributed by atoms with E-state index in [1.165, 1.54) is 14.2 Å². The number of H-pyrrole nitrogens is 2. The average Bonchev–Trinajstić information content (AvgIpc) is 4.08. The normalized spacial score (nSPS) is 20.2. The molecule has 2 aliphatic heterocycles. The van der Waals surface area contributed by atoms with Gasteiger partial charge in [0.25, 0.3) is 0 Å². The fourth-order valence-electron chi connectivity index (χ4n) is 8.87. The summed E-state index contributed by atoms with van der Waals surface area (Å²) in [5.41, 5.74) is 4.75. The van der Waals surface area contributed by atoms with Crippen LogP contribution in [0.25, 0.3) is 44.6 Å². The lowest BCUT2D eigenvalue weighted by Gasteiger charge is -2.37. The standard InChI is InChI=1S/C45H56N8O7/c1-25(2)35(50-42(56)58-8)38(54)52-20-10-18-44(52,6)40-46-23-33(48-40)29-14-12-28(13-15-29)30-16-17-31(37-32(30)22-27(5)60-37)34-24-47-41(49-34)45(7)19-11-21-53(45)39(55)36(26(3)4)51-43(57)59-9/h12-17,22-26,35-36H,10-11,18-21H2,1-9H3,(H,46,48)(H,47,49)(H,50,56)(H,51,57)/t35-,36?,44-,45-/m0/s1. The number of carbonyl (C=O) groups is 4. The Labute approximate surface area is 350 Å². The number of aromatic nitrogens is 4. The van der Waals surface area contributed by atoms with Gasteiger partial charge in [-0.15, -0.1) is 0 Å². The minimum absolute atomic E-state index is 0.132. The molecule has 0 bridgehead atoms. The van der Waals surface area contributed by atoms with Gasteiger partial charge >= 0.3 is 12.2 Å². The number of furan rings is 1. The molecule has 7 rings (SSSR count). The molecule has 15 heteroatoms. The highest BCUT2D eigenvalue weighted by atomic mass is 16.5. The number of hydrogen-bond donors (Lipinski definition) is 4. The molecule has 5 aromatic rings. The van der Waals surface area contributed by atoms with Crippen LogP contribution in [0.5, 0.6) is 0 Å². The van der Waals surface area contributed by atoms with Gasteiger partial charge in [-0.3, -0.25) is 9.59 Å². The number of fused-ring (bicyclic) bond motifs is 1. The molecule has 0 radical (unpaired) electrons. The van der Waals surface area contributed by atoms with E-state index < -0.39 is 35.3 Å². The highest BCUT2D eigenvalue weighted by molar-refractivity contribution is 6.02. The quantitative estimate of drug-likeness (QED) is 0.104. The number of ether oxygens (including phenoxy) is 2. The lowest BCUT2D eigenvalue weighted by molar-refractivity contribution is -0.139. The van der Waals surface area contributed by atoms with E-state index in [1.807, 2.05) is 70.4 Å². The van der Waals surface area contributed by atoms with Crippen LogP contribution in [0, 0.1) is 18.8 Å². The second-order valence-corrected chi connectivity index (χ2v) is 17.1. The largest absolute Gasteiger partial charge is 0.461 e. The van der Waals surface area contributed by atoms with Gasteiger partial charge in [0.2, 0.25) is 11.8 Å². The molecule has 2 aliphatic rings. The van der Waals surface area contributed by atoms with Gasteiger partial charge < -0.3 is 44.3 Å². The van der Waals surface area contributed by atoms with Crippen molar-refractivity contribution in [3.63, 3.8) is 0 Å². The van der Waals surface area contributed by atoms with Gasteiger partial charge in [0.15, 0.2) is 0 Å². The van der Waals surface area contributed by atoms with Gasteiger partial charge in [0.1, 0.15) is 35.1 Å². The Morgan fingerprint density at radius 2 is 1.18 bits per heavy atom. The first-order valence-electron chi connectivity index (χ1n) is 20.7. The second-order valence-electron chi connectivity index (χ2n) is 17.1. The van der Waals surface area contributed by atoms with Crippen LogP contribution in [-0.4, -0.2) is 93.1 Å². The predicted octanol–water partition coefficient (Wildman–Crippen LogP) is 7.62. The number of benzene rings is 2. The number of imidazole rings is 2. The van der Waals surface area contributed by atoms with E-state index in [0.717, 1.165) is 69.6 Å². The van der Waals surface area contributed by atoms with Crippen LogP contribution in [0.15, 0.2) is 59.3 Å². The molecule has 4 amide bonds. The molecule has 3 aromatic heterocycles. The number of aromatic amines is 2. The van der Waals surface area contributed by atoms with Crippen molar-refractivity contribution < 1.29 is 33.1 Å². The molecular weight excluding hydrogens is 765 g/mol. The first-order valence-corrected chi connectivity index (χ1v) is 20.7. The average molecular weight is 821 g/mol. The summed E-state index contributed by atoms with van der Waals surface area (Å²) in [6, 6.07) is 12.9. The molecule has 2 aromatic carbocycles. The summed E-state index contributed by atoms with van der Waals surface area (Å²) in [5, 5.41) is 6.39. The summed E-state index contributed by atoms with van der Waals surface area (Å²) < 4.78 is 15.9. The predicted molar refractivity (Wildman–Crippen MR) is 226 cm³/mol. The summed E-state index contributed by atoms with van der Waals surface area (Å²) in [7, 11) is 2.58. The Morgan fingerprint density at radius 3 is 1.68 bits per heavy atom. The highest BCUT2D eigenvalue weighted by Crippen LogP contribution is 2.42. The van der Waals surface area contributed by atoms with Crippen molar-refractivity contribution in [2.45, 2.75) is 97.3 Å². The number of amides is 4. The maximum absolute atomic E-state index is 13.9. The molecule has 1 unspecified atom stereocenters. The lowest BCUT2D eigenvalue weighted by atomic mass is 9.95. The van der Waals surface area contributed by atoms with Gasteiger partial charge in [-0.25, -0.2) is 19.6 Å². The fourth-order valence-corrected chi connectivity index (χ4v) is 8.87. The Morgan fingerprint density at radius 1 is 0.717 bits per heavy atom. The summed E-state index contributed by atoms with van der Waals surface area (Å²) in [6.45, 7) is 14.7. The van der Waals surface area contributed by atoms with Crippen LogP contribution >= 0.6 is 0 Å². The summed E-state index contributed by atoms with van der Waals surface area (Å²) in [5.74, 6) is 1.52. The van der Waals surface area contributed by atoms with Gasteiger partial charge in [-0.05, 0) is 87.1 Å². The van der Waals surface area contributed by atoms with Crippen molar-refractivity contribution in [2.75, 3.05) is 27.3 Å². The van der Waals surface area contributed by atoms with Crippen LogP contribution in [0.3, 0.4) is 0 Å². The zero-order chi connectivity index (χ0) is 43.1. The summed E-state index contributed by atoms with van der Waals surface area (Å²) in [4.78, 5) is 72.2. The first-order chi connectivity index (χ1) is 28.6. The molecule has 318 valence electrons. The molecule has 2 fully saturated rings. The molecule has 0 saturated carbocycles. The van der Waals surface area contributed by atoms with Crippen LogP contribution in [0.4, 0.5) is 9.59 Å². The molecule has 0 aliphatic carbocycles. The molecule has 4 N–H and O–H groups in total. The smallest absolute Gasteiger partial charge is 0.407 e. The van der Waals surface area contributed by atoms with Crippen LogP contribution in [0.2, 0.25) is 0 Å². The van der Waals surface area contributed by atoms with E-state index in [9.17, 15) is 19.2 Å². The Balaban J connectivity index is 1.12. The van der Waals surface area contributed by atoms with E-state index >= 15 is 0 Å². The third-order valence-corrected chi connectivity index (χ3v) is 12.4. The van der Waals surface area contributed by atoms with Crippen LogP contribution < -0.4 is 10.6 Å². The molecule has 2 saturated heterocycles. The first kappa shape index (κ1) is 42.0. The van der Waals surface area contributed by atoms with Gasteiger partial charge in [-0.2, -0.15) is 0 Å². The Hall–Kier alpha value is -6.12. The molecule has 15 nitrogen and oxygen atoms in total. The lowest BCUT2D eigenvalue weighted by Crippen LogP contribution is -2.55. The van der Waals surface area contributed by atoms with Crippen molar-refractivity contribution in [3.05, 3.63) is 72.3 Å². The van der Waals surface area contributed by atoms with Gasteiger partial charge in [0.05, 0.1) is 49.1 Å².